The third kappa shape index (κ3) is 3.73. The van der Waals surface area contributed by atoms with Crippen LogP contribution in [-0.2, 0) is 5.41 Å². The summed E-state index contributed by atoms with van der Waals surface area (Å²) in [7, 11) is 0. The van der Waals surface area contributed by atoms with E-state index >= 15 is 0 Å². The fourth-order valence-corrected chi connectivity index (χ4v) is 8.96. The van der Waals surface area contributed by atoms with Crippen LogP contribution >= 0.6 is 11.3 Å². The summed E-state index contributed by atoms with van der Waals surface area (Å²) in [5, 5.41) is 3.78. The van der Waals surface area contributed by atoms with Gasteiger partial charge < -0.3 is 4.57 Å². The van der Waals surface area contributed by atoms with Crippen LogP contribution in [0.2, 0.25) is 0 Å². The van der Waals surface area contributed by atoms with Crippen molar-refractivity contribution in [3.63, 3.8) is 0 Å². The number of rotatable bonds is 3. The molecule has 0 saturated heterocycles. The van der Waals surface area contributed by atoms with E-state index < -0.39 is 0 Å². The van der Waals surface area contributed by atoms with Gasteiger partial charge in [-0.1, -0.05) is 111 Å². The minimum absolute atomic E-state index is 0.0432. The highest BCUT2D eigenvalue weighted by atomic mass is 32.1. The van der Waals surface area contributed by atoms with Crippen LogP contribution in [0.5, 0.6) is 0 Å². The van der Waals surface area contributed by atoms with Crippen molar-refractivity contribution >= 4 is 53.4 Å². The van der Waals surface area contributed by atoms with Gasteiger partial charge in [-0.05, 0) is 64.7 Å². The third-order valence-corrected chi connectivity index (χ3v) is 11.2. The highest BCUT2D eigenvalue weighted by Gasteiger charge is 2.37. The molecule has 4 heteroatoms. The lowest BCUT2D eigenvalue weighted by Gasteiger charge is -2.21. The number of benzene rings is 6. The highest BCUT2D eigenvalue weighted by Crippen LogP contribution is 2.53. The summed E-state index contributed by atoms with van der Waals surface area (Å²) >= 11 is 1.77. The van der Waals surface area contributed by atoms with Crippen molar-refractivity contribution in [1.29, 1.82) is 0 Å². The second-order valence-corrected chi connectivity index (χ2v) is 14.0. The van der Waals surface area contributed by atoms with Crippen LogP contribution in [0.15, 0.2) is 140 Å². The second-order valence-electron chi connectivity index (χ2n) is 13.0. The third-order valence-electron chi connectivity index (χ3n) is 10.0. The van der Waals surface area contributed by atoms with Gasteiger partial charge in [-0.3, -0.25) is 0 Å². The first-order valence-corrected chi connectivity index (χ1v) is 16.9. The number of aromatic nitrogens is 3. The Bertz CT molecular complexity index is 2700. The highest BCUT2D eigenvalue weighted by molar-refractivity contribution is 7.26. The summed E-state index contributed by atoms with van der Waals surface area (Å²) < 4.78 is 4.76. The predicted molar refractivity (Wildman–Crippen MR) is 198 cm³/mol. The first-order chi connectivity index (χ1) is 23.1. The Morgan fingerprint density at radius 3 is 2.15 bits per heavy atom. The molecule has 3 heterocycles. The Hall–Kier alpha value is -5.58. The second kappa shape index (κ2) is 9.71. The minimum atomic E-state index is -0.0432. The van der Waals surface area contributed by atoms with Crippen molar-refractivity contribution in [2.75, 3.05) is 0 Å². The Morgan fingerprint density at radius 1 is 0.574 bits per heavy atom. The molecule has 47 heavy (non-hydrogen) atoms. The van der Waals surface area contributed by atoms with Crippen molar-refractivity contribution in [2.24, 2.45) is 0 Å². The van der Waals surface area contributed by atoms with Crippen molar-refractivity contribution in [3.8, 4) is 39.5 Å². The fraction of sp³-hybridized carbons (Fsp3) is 0.0698. The first-order valence-electron chi connectivity index (χ1n) is 16.1. The quantitative estimate of drug-likeness (QED) is 0.197. The summed E-state index contributed by atoms with van der Waals surface area (Å²) in [5.41, 5.74) is 13.1. The molecule has 0 fully saturated rings. The number of hydrogen-bond donors (Lipinski definition) is 0. The van der Waals surface area contributed by atoms with E-state index in [-0.39, 0.29) is 5.41 Å². The lowest BCUT2D eigenvalue weighted by Crippen LogP contribution is -2.14. The molecule has 0 N–H and O–H groups in total. The van der Waals surface area contributed by atoms with Gasteiger partial charge in [0.05, 0.1) is 26.9 Å². The van der Waals surface area contributed by atoms with Crippen molar-refractivity contribution in [2.45, 2.75) is 19.3 Å². The molecule has 0 saturated carbocycles. The number of hydrogen-bond acceptors (Lipinski definition) is 3. The normalized spacial score (nSPS) is 13.5. The Morgan fingerprint density at radius 2 is 1.30 bits per heavy atom. The molecule has 9 aromatic rings. The van der Waals surface area contributed by atoms with Gasteiger partial charge in [0.25, 0.3) is 0 Å². The van der Waals surface area contributed by atoms with Gasteiger partial charge in [0.2, 0.25) is 0 Å². The molecule has 3 aromatic heterocycles. The molecule has 0 atom stereocenters. The fourth-order valence-electron chi connectivity index (χ4n) is 7.80. The maximum atomic E-state index is 5.20. The minimum Gasteiger partial charge on any atom is -0.309 e. The standard InChI is InChI=1S/C43H29N3S/c1-43(2)32-17-9-6-14-29(32)37-33(43)24-25-35-38(37)30-15-7-10-18-34(30)46(35)28-22-20-27(21-23-28)42-44-39(26-12-4-3-5-13-26)41-40(45-42)31-16-8-11-19-36(31)47-41/h3-25H,1-2H3. The van der Waals surface area contributed by atoms with Gasteiger partial charge in [0, 0.05) is 43.1 Å². The van der Waals surface area contributed by atoms with Gasteiger partial charge in [-0.2, -0.15) is 0 Å². The molecule has 0 spiro atoms. The van der Waals surface area contributed by atoms with Crippen molar-refractivity contribution in [1.82, 2.24) is 14.5 Å². The van der Waals surface area contributed by atoms with E-state index in [0.717, 1.165) is 38.5 Å². The molecule has 1 aliphatic carbocycles. The average molecular weight is 620 g/mol. The van der Waals surface area contributed by atoms with E-state index in [9.17, 15) is 0 Å². The van der Waals surface area contributed by atoms with Crippen molar-refractivity contribution < 1.29 is 0 Å². The zero-order valence-corrected chi connectivity index (χ0v) is 26.8. The Balaban J connectivity index is 1.17. The summed E-state index contributed by atoms with van der Waals surface area (Å²) in [6.45, 7) is 4.70. The van der Waals surface area contributed by atoms with E-state index in [0.29, 0.717) is 0 Å². The zero-order valence-electron chi connectivity index (χ0n) is 26.0. The topological polar surface area (TPSA) is 30.7 Å². The molecule has 0 aliphatic heterocycles. The van der Waals surface area contributed by atoms with Crippen LogP contribution in [0.3, 0.4) is 0 Å². The van der Waals surface area contributed by atoms with E-state index in [1.807, 2.05) is 0 Å². The Kier molecular flexibility index (Phi) is 5.50. The van der Waals surface area contributed by atoms with Crippen LogP contribution in [0.4, 0.5) is 0 Å². The van der Waals surface area contributed by atoms with E-state index in [1.54, 1.807) is 11.3 Å². The SMILES string of the molecule is CC1(C)c2ccccc2-c2c1ccc1c2c2ccccc2n1-c1ccc(-c2nc(-c3ccccc3)c3sc4ccccc4c3n2)cc1. The van der Waals surface area contributed by atoms with E-state index in [4.69, 9.17) is 9.97 Å². The summed E-state index contributed by atoms with van der Waals surface area (Å²) in [4.78, 5) is 10.4. The maximum Gasteiger partial charge on any atom is 0.160 e. The molecule has 3 nitrogen and oxygen atoms in total. The van der Waals surface area contributed by atoms with Gasteiger partial charge in [0.15, 0.2) is 5.82 Å². The monoisotopic (exact) mass is 619 g/mol. The summed E-state index contributed by atoms with van der Waals surface area (Å²) in [5.74, 6) is 0.741. The first kappa shape index (κ1) is 26.6. The number of para-hydroxylation sites is 1. The van der Waals surface area contributed by atoms with Gasteiger partial charge in [0.1, 0.15) is 0 Å². The van der Waals surface area contributed by atoms with E-state index in [1.165, 1.54) is 54.1 Å². The zero-order chi connectivity index (χ0) is 31.3. The summed E-state index contributed by atoms with van der Waals surface area (Å²) in [6.07, 6.45) is 0. The Labute approximate surface area is 276 Å². The number of fused-ring (bicyclic) bond motifs is 10. The summed E-state index contributed by atoms with van der Waals surface area (Å²) in [6, 6.07) is 50.2. The number of nitrogens with zero attached hydrogens (tertiary/aromatic N) is 3. The molecular weight excluding hydrogens is 591 g/mol. The molecule has 0 unspecified atom stereocenters. The molecule has 0 radical (unpaired) electrons. The number of thiophene rings is 1. The average Bonchev–Trinajstić information content (AvgIpc) is 3.74. The molecule has 10 rings (SSSR count). The lowest BCUT2D eigenvalue weighted by atomic mass is 9.82. The molecule has 6 aromatic carbocycles. The maximum absolute atomic E-state index is 5.20. The molecule has 0 bridgehead atoms. The lowest BCUT2D eigenvalue weighted by molar-refractivity contribution is 0.661. The van der Waals surface area contributed by atoms with Crippen LogP contribution < -0.4 is 0 Å². The van der Waals surface area contributed by atoms with Crippen LogP contribution in [-0.4, -0.2) is 14.5 Å². The largest absolute Gasteiger partial charge is 0.309 e. The van der Waals surface area contributed by atoms with Gasteiger partial charge in [-0.25, -0.2) is 9.97 Å². The predicted octanol–water partition coefficient (Wildman–Crippen LogP) is 11.6. The van der Waals surface area contributed by atoms with Crippen LogP contribution in [0.1, 0.15) is 25.0 Å². The molecule has 222 valence electrons. The van der Waals surface area contributed by atoms with Gasteiger partial charge in [-0.15, -0.1) is 11.3 Å². The van der Waals surface area contributed by atoms with Crippen molar-refractivity contribution in [3.05, 3.63) is 151 Å². The smallest absolute Gasteiger partial charge is 0.160 e. The van der Waals surface area contributed by atoms with Crippen LogP contribution in [0, 0.1) is 0 Å². The molecule has 1 aliphatic rings. The molecular formula is C43H29N3S. The molecule has 0 amide bonds. The van der Waals surface area contributed by atoms with Crippen LogP contribution in [0.25, 0.3) is 81.6 Å². The van der Waals surface area contributed by atoms with Gasteiger partial charge >= 0.3 is 0 Å². The van der Waals surface area contributed by atoms with E-state index in [2.05, 4.69) is 158 Å².